The molecule has 6 heteroatoms. The number of aliphatic hydroxyl groups excluding tert-OH is 1. The first kappa shape index (κ1) is 21.8. The molecule has 6 nitrogen and oxygen atoms in total. The summed E-state index contributed by atoms with van der Waals surface area (Å²) in [5.74, 6) is -0.327. The Balaban J connectivity index is 1.73. The van der Waals surface area contributed by atoms with Crippen molar-refractivity contribution in [3.63, 3.8) is 0 Å². The summed E-state index contributed by atoms with van der Waals surface area (Å²) in [5, 5.41) is 11.4. The maximum atomic E-state index is 13.4. The van der Waals surface area contributed by atoms with Crippen molar-refractivity contribution in [2.75, 3.05) is 18.6 Å². The van der Waals surface area contributed by atoms with E-state index < -0.39 is 17.7 Å². The number of ketones is 1. The summed E-state index contributed by atoms with van der Waals surface area (Å²) in [6.45, 7) is 2.58. The molecule has 2 heterocycles. The zero-order chi connectivity index (χ0) is 23.8. The molecule has 2 aliphatic rings. The van der Waals surface area contributed by atoms with E-state index in [0.717, 1.165) is 29.7 Å². The number of Topliss-reactive ketones (excluding diaryl/α,β-unsaturated/α-hetero) is 1. The van der Waals surface area contributed by atoms with Crippen molar-refractivity contribution in [1.82, 2.24) is 0 Å². The first-order chi connectivity index (χ1) is 16.5. The number of aryl methyl sites for hydroxylation is 2. The summed E-state index contributed by atoms with van der Waals surface area (Å²) < 4.78 is 11.3. The monoisotopic (exact) mass is 455 g/mol. The van der Waals surface area contributed by atoms with Gasteiger partial charge in [-0.1, -0.05) is 30.3 Å². The van der Waals surface area contributed by atoms with Gasteiger partial charge in [0.25, 0.3) is 11.7 Å². The lowest BCUT2D eigenvalue weighted by atomic mass is 9.93. The SMILES string of the molecule is COc1ccccc1C1/C(=C(\O)c2ccc3c(c2)CCCO3)C(=O)C(=O)N1c1cccc(C)c1. The molecular formula is C28H25NO5. The third kappa shape index (κ3) is 3.61. The molecule has 1 fully saturated rings. The number of hydrogen-bond donors (Lipinski definition) is 1. The van der Waals surface area contributed by atoms with Gasteiger partial charge < -0.3 is 14.6 Å². The summed E-state index contributed by atoms with van der Waals surface area (Å²) in [5.41, 5.74) is 3.63. The molecule has 1 saturated heterocycles. The third-order valence-corrected chi connectivity index (χ3v) is 6.34. The van der Waals surface area contributed by atoms with E-state index in [9.17, 15) is 14.7 Å². The number of nitrogens with zero attached hydrogens (tertiary/aromatic N) is 1. The van der Waals surface area contributed by atoms with Crippen LogP contribution in [0.25, 0.3) is 5.76 Å². The van der Waals surface area contributed by atoms with Gasteiger partial charge in [-0.3, -0.25) is 14.5 Å². The van der Waals surface area contributed by atoms with Crippen LogP contribution < -0.4 is 14.4 Å². The fourth-order valence-corrected chi connectivity index (χ4v) is 4.73. The Morgan fingerprint density at radius 2 is 1.88 bits per heavy atom. The molecule has 3 aromatic rings. The minimum absolute atomic E-state index is 0.0349. The quantitative estimate of drug-likeness (QED) is 0.342. The lowest BCUT2D eigenvalue weighted by Gasteiger charge is -2.27. The number of rotatable bonds is 4. The van der Waals surface area contributed by atoms with Crippen LogP contribution in [0, 0.1) is 6.92 Å². The van der Waals surface area contributed by atoms with Crippen LogP contribution in [0.15, 0.2) is 72.3 Å². The van der Waals surface area contributed by atoms with Gasteiger partial charge in [-0.15, -0.1) is 0 Å². The highest BCUT2D eigenvalue weighted by Gasteiger charge is 2.48. The third-order valence-electron chi connectivity index (χ3n) is 6.34. The zero-order valence-electron chi connectivity index (χ0n) is 19.1. The Morgan fingerprint density at radius 3 is 2.68 bits per heavy atom. The minimum Gasteiger partial charge on any atom is -0.507 e. The summed E-state index contributed by atoms with van der Waals surface area (Å²) in [7, 11) is 1.54. The normalized spacial score (nSPS) is 19.0. The first-order valence-corrected chi connectivity index (χ1v) is 11.3. The van der Waals surface area contributed by atoms with Gasteiger partial charge in [-0.25, -0.2) is 0 Å². The standard InChI is InChI=1S/C28H25NO5/c1-17-7-5-9-20(15-17)29-25(21-10-3-4-11-23(21)33-2)24(27(31)28(29)32)26(30)19-12-13-22-18(16-19)8-6-14-34-22/h3-5,7,9-13,15-16,25,30H,6,8,14H2,1-2H3/b26-24+. The average Bonchev–Trinajstić information content (AvgIpc) is 3.13. The van der Waals surface area contributed by atoms with E-state index in [-0.39, 0.29) is 11.3 Å². The van der Waals surface area contributed by atoms with Crippen LogP contribution in [0.2, 0.25) is 0 Å². The number of carbonyl (C=O) groups excluding carboxylic acids is 2. The number of methoxy groups -OCH3 is 1. The predicted octanol–water partition coefficient (Wildman–Crippen LogP) is 4.95. The predicted molar refractivity (Wildman–Crippen MR) is 129 cm³/mol. The van der Waals surface area contributed by atoms with Gasteiger partial charge in [0.05, 0.1) is 25.3 Å². The Labute approximate surface area is 198 Å². The highest BCUT2D eigenvalue weighted by molar-refractivity contribution is 6.51. The van der Waals surface area contributed by atoms with Crippen LogP contribution >= 0.6 is 0 Å². The van der Waals surface area contributed by atoms with Crippen LogP contribution in [0.5, 0.6) is 11.5 Å². The maximum Gasteiger partial charge on any atom is 0.300 e. The number of para-hydroxylation sites is 1. The number of amides is 1. The van der Waals surface area contributed by atoms with Crippen molar-refractivity contribution in [2.45, 2.75) is 25.8 Å². The van der Waals surface area contributed by atoms with E-state index >= 15 is 0 Å². The number of fused-ring (bicyclic) bond motifs is 1. The second-order valence-corrected chi connectivity index (χ2v) is 8.52. The van der Waals surface area contributed by atoms with E-state index in [1.165, 1.54) is 4.90 Å². The van der Waals surface area contributed by atoms with Crippen LogP contribution in [0.4, 0.5) is 5.69 Å². The van der Waals surface area contributed by atoms with Crippen molar-refractivity contribution in [1.29, 1.82) is 0 Å². The Morgan fingerprint density at radius 1 is 1.06 bits per heavy atom. The van der Waals surface area contributed by atoms with Crippen molar-refractivity contribution in [3.05, 3.63) is 94.6 Å². The number of aliphatic hydroxyl groups is 1. The lowest BCUT2D eigenvalue weighted by molar-refractivity contribution is -0.132. The molecule has 0 bridgehead atoms. The molecule has 1 N–H and O–H groups in total. The molecule has 5 rings (SSSR count). The molecule has 0 spiro atoms. The number of anilines is 1. The molecule has 3 aromatic carbocycles. The number of carbonyl (C=O) groups is 2. The molecular weight excluding hydrogens is 430 g/mol. The molecule has 1 unspecified atom stereocenters. The first-order valence-electron chi connectivity index (χ1n) is 11.3. The van der Waals surface area contributed by atoms with Gasteiger partial charge in [0, 0.05) is 16.8 Å². The molecule has 1 amide bonds. The summed E-state index contributed by atoms with van der Waals surface area (Å²) >= 11 is 0. The van der Waals surface area contributed by atoms with E-state index in [1.54, 1.807) is 31.4 Å². The molecule has 1 atom stereocenters. The fourth-order valence-electron chi connectivity index (χ4n) is 4.73. The van der Waals surface area contributed by atoms with Gasteiger partial charge in [0.15, 0.2) is 0 Å². The molecule has 172 valence electrons. The second kappa shape index (κ2) is 8.71. The summed E-state index contributed by atoms with van der Waals surface area (Å²) in [6.07, 6.45) is 1.71. The highest BCUT2D eigenvalue weighted by atomic mass is 16.5. The van der Waals surface area contributed by atoms with E-state index in [2.05, 4.69) is 0 Å². The fraction of sp³-hybridized carbons (Fsp3) is 0.214. The zero-order valence-corrected chi connectivity index (χ0v) is 19.1. The van der Waals surface area contributed by atoms with E-state index in [4.69, 9.17) is 9.47 Å². The minimum atomic E-state index is -0.842. The van der Waals surface area contributed by atoms with Gasteiger partial charge in [0.2, 0.25) is 0 Å². The van der Waals surface area contributed by atoms with Crippen molar-refractivity contribution < 1.29 is 24.2 Å². The summed E-state index contributed by atoms with van der Waals surface area (Å²) in [6, 6.07) is 19.2. The molecule has 0 aliphatic carbocycles. The molecule has 34 heavy (non-hydrogen) atoms. The van der Waals surface area contributed by atoms with Crippen LogP contribution in [-0.4, -0.2) is 30.5 Å². The molecule has 0 saturated carbocycles. The van der Waals surface area contributed by atoms with E-state index in [1.807, 2.05) is 49.4 Å². The van der Waals surface area contributed by atoms with Crippen molar-refractivity contribution in [3.8, 4) is 11.5 Å². The Kier molecular flexibility index (Phi) is 5.57. The number of ether oxygens (including phenoxy) is 2. The molecule has 0 radical (unpaired) electrons. The molecule has 0 aromatic heterocycles. The second-order valence-electron chi connectivity index (χ2n) is 8.52. The van der Waals surface area contributed by atoms with Crippen molar-refractivity contribution >= 4 is 23.1 Å². The van der Waals surface area contributed by atoms with Crippen LogP contribution in [0.3, 0.4) is 0 Å². The van der Waals surface area contributed by atoms with Crippen LogP contribution in [-0.2, 0) is 16.0 Å². The Hall–Kier alpha value is -4.06. The van der Waals surface area contributed by atoms with Crippen LogP contribution in [0.1, 0.15) is 34.7 Å². The highest BCUT2D eigenvalue weighted by Crippen LogP contribution is 2.45. The summed E-state index contributed by atoms with van der Waals surface area (Å²) in [4.78, 5) is 28.2. The molecule has 2 aliphatic heterocycles. The van der Waals surface area contributed by atoms with Gasteiger partial charge in [-0.2, -0.15) is 0 Å². The lowest BCUT2D eigenvalue weighted by Crippen LogP contribution is -2.29. The number of benzene rings is 3. The van der Waals surface area contributed by atoms with Gasteiger partial charge >= 0.3 is 0 Å². The number of hydrogen-bond acceptors (Lipinski definition) is 5. The maximum absolute atomic E-state index is 13.4. The topological polar surface area (TPSA) is 76.1 Å². The van der Waals surface area contributed by atoms with E-state index in [0.29, 0.717) is 29.2 Å². The van der Waals surface area contributed by atoms with Gasteiger partial charge in [0.1, 0.15) is 17.3 Å². The average molecular weight is 456 g/mol. The Bertz CT molecular complexity index is 1330. The van der Waals surface area contributed by atoms with Gasteiger partial charge in [-0.05, 0) is 67.3 Å². The smallest absolute Gasteiger partial charge is 0.300 e. The van der Waals surface area contributed by atoms with Crippen molar-refractivity contribution in [2.24, 2.45) is 0 Å². The largest absolute Gasteiger partial charge is 0.507 e.